The highest BCUT2D eigenvalue weighted by atomic mass is 16.5. The summed E-state index contributed by atoms with van der Waals surface area (Å²) in [4.78, 5) is 8.06. The summed E-state index contributed by atoms with van der Waals surface area (Å²) in [6.07, 6.45) is 6.47. The molecule has 0 spiro atoms. The molecule has 5 nitrogen and oxygen atoms in total. The maximum absolute atomic E-state index is 6.13. The lowest BCUT2D eigenvalue weighted by atomic mass is 9.79. The van der Waals surface area contributed by atoms with Crippen LogP contribution in [0, 0.1) is 5.92 Å². The van der Waals surface area contributed by atoms with E-state index in [1.807, 2.05) is 6.20 Å². The highest BCUT2D eigenvalue weighted by Crippen LogP contribution is 2.41. The third-order valence-electron chi connectivity index (χ3n) is 4.36. The second-order valence-corrected chi connectivity index (χ2v) is 6.04. The van der Waals surface area contributed by atoms with Gasteiger partial charge in [-0.25, -0.2) is 4.98 Å². The molecule has 0 radical (unpaired) electrons. The van der Waals surface area contributed by atoms with E-state index in [1.54, 1.807) is 7.11 Å². The molecule has 5 heteroatoms. The van der Waals surface area contributed by atoms with E-state index in [0.717, 1.165) is 56.6 Å². The summed E-state index contributed by atoms with van der Waals surface area (Å²) in [5.74, 6) is 1.79. The summed E-state index contributed by atoms with van der Waals surface area (Å²) in [6, 6.07) is 0. The van der Waals surface area contributed by atoms with Gasteiger partial charge in [0.2, 0.25) is 0 Å². The average Bonchev–Trinajstić information content (AvgIpc) is 2.96. The first-order valence-corrected chi connectivity index (χ1v) is 8.08. The Morgan fingerprint density at radius 2 is 2.19 bits per heavy atom. The number of imidazole rings is 1. The summed E-state index contributed by atoms with van der Waals surface area (Å²) in [5.41, 5.74) is 0.908. The third-order valence-corrected chi connectivity index (χ3v) is 4.36. The van der Waals surface area contributed by atoms with Gasteiger partial charge in [0.1, 0.15) is 11.4 Å². The highest BCUT2D eigenvalue weighted by molar-refractivity contribution is 5.10. The van der Waals surface area contributed by atoms with E-state index < -0.39 is 0 Å². The van der Waals surface area contributed by atoms with Gasteiger partial charge in [-0.05, 0) is 38.5 Å². The van der Waals surface area contributed by atoms with E-state index in [2.05, 4.69) is 29.1 Å². The van der Waals surface area contributed by atoms with E-state index in [1.165, 1.54) is 12.8 Å². The molecule has 1 saturated carbocycles. The van der Waals surface area contributed by atoms with E-state index in [0.29, 0.717) is 0 Å². The average molecular weight is 295 g/mol. The summed E-state index contributed by atoms with van der Waals surface area (Å²) >= 11 is 0. The predicted molar refractivity (Wildman–Crippen MR) is 83.1 cm³/mol. The minimum Gasteiger partial charge on any atom is -0.383 e. The van der Waals surface area contributed by atoms with Crippen molar-refractivity contribution < 1.29 is 9.47 Å². The normalized spacial score (nSPS) is 26.1. The number of aromatic amines is 1. The number of hydrogen-bond donors (Lipinski definition) is 2. The lowest BCUT2D eigenvalue weighted by Gasteiger charge is -2.37. The number of H-pyrrole nitrogens is 1. The van der Waals surface area contributed by atoms with Crippen LogP contribution in [0.3, 0.4) is 0 Å². The van der Waals surface area contributed by atoms with E-state index >= 15 is 0 Å². The van der Waals surface area contributed by atoms with Crippen molar-refractivity contribution >= 4 is 0 Å². The second kappa shape index (κ2) is 7.92. The van der Waals surface area contributed by atoms with Gasteiger partial charge in [-0.15, -0.1) is 0 Å². The van der Waals surface area contributed by atoms with Crippen molar-refractivity contribution in [2.45, 2.75) is 51.7 Å². The van der Waals surface area contributed by atoms with Gasteiger partial charge < -0.3 is 19.8 Å². The van der Waals surface area contributed by atoms with Crippen molar-refractivity contribution in [1.82, 2.24) is 15.3 Å². The predicted octanol–water partition coefficient (Wildman–Crippen LogP) is 2.59. The Morgan fingerprint density at radius 3 is 2.86 bits per heavy atom. The first-order chi connectivity index (χ1) is 10.2. The van der Waals surface area contributed by atoms with Crippen molar-refractivity contribution in [2.75, 3.05) is 26.9 Å². The van der Waals surface area contributed by atoms with Gasteiger partial charge in [0.15, 0.2) is 0 Å². The quantitative estimate of drug-likeness (QED) is 0.724. The molecule has 0 unspecified atom stereocenters. The van der Waals surface area contributed by atoms with Crippen LogP contribution in [0.5, 0.6) is 0 Å². The number of nitrogens with one attached hydrogen (secondary N) is 2. The molecule has 1 aromatic rings. The third kappa shape index (κ3) is 4.28. The fraction of sp³-hybridized carbons (Fsp3) is 0.812. The molecule has 2 N–H and O–H groups in total. The van der Waals surface area contributed by atoms with Crippen molar-refractivity contribution in [1.29, 1.82) is 0 Å². The van der Waals surface area contributed by atoms with E-state index in [-0.39, 0.29) is 5.60 Å². The van der Waals surface area contributed by atoms with E-state index in [9.17, 15) is 0 Å². The number of aromatic nitrogens is 2. The number of hydrogen-bond acceptors (Lipinski definition) is 4. The maximum atomic E-state index is 6.13. The van der Waals surface area contributed by atoms with Gasteiger partial charge in [0.05, 0.1) is 6.61 Å². The molecule has 1 fully saturated rings. The largest absolute Gasteiger partial charge is 0.383 e. The smallest absolute Gasteiger partial charge is 0.138 e. The Bertz CT molecular complexity index is 411. The molecule has 0 bridgehead atoms. The summed E-state index contributed by atoms with van der Waals surface area (Å²) in [5, 5.41) is 3.33. The van der Waals surface area contributed by atoms with Gasteiger partial charge in [-0.1, -0.05) is 6.92 Å². The molecule has 120 valence electrons. The monoisotopic (exact) mass is 295 g/mol. The molecule has 1 aliphatic carbocycles. The molecule has 21 heavy (non-hydrogen) atoms. The number of methoxy groups -OCH3 is 1. The van der Waals surface area contributed by atoms with Gasteiger partial charge in [0.25, 0.3) is 0 Å². The van der Waals surface area contributed by atoms with Gasteiger partial charge >= 0.3 is 0 Å². The van der Waals surface area contributed by atoms with Crippen LogP contribution in [-0.4, -0.2) is 36.8 Å². The number of rotatable bonds is 8. The second-order valence-electron chi connectivity index (χ2n) is 6.04. The van der Waals surface area contributed by atoms with Crippen molar-refractivity contribution in [3.05, 3.63) is 17.7 Å². The SMILES string of the molecule is CCOC1(c2ncc(CNCCOC)[nH]2)CCC(C)CC1. The number of ether oxygens (including phenoxy) is 2. The summed E-state index contributed by atoms with van der Waals surface area (Å²) < 4.78 is 11.2. The molecule has 0 aromatic carbocycles. The fourth-order valence-corrected chi connectivity index (χ4v) is 3.03. The topological polar surface area (TPSA) is 59.2 Å². The van der Waals surface area contributed by atoms with Crippen LogP contribution in [0.2, 0.25) is 0 Å². The molecule has 1 heterocycles. The van der Waals surface area contributed by atoms with Crippen molar-refractivity contribution in [3.8, 4) is 0 Å². The van der Waals surface area contributed by atoms with Crippen LogP contribution in [0.25, 0.3) is 0 Å². The van der Waals surface area contributed by atoms with Gasteiger partial charge in [-0.3, -0.25) is 0 Å². The Kier molecular flexibility index (Phi) is 6.21. The Labute approximate surface area is 127 Å². The standard InChI is InChI=1S/C16H29N3O2/c1-4-21-16(7-5-13(2)6-8-16)15-18-12-14(19-15)11-17-9-10-20-3/h12-13,17H,4-11H2,1-3H3,(H,18,19). The Balaban J connectivity index is 1.99. The summed E-state index contributed by atoms with van der Waals surface area (Å²) in [7, 11) is 1.71. The zero-order valence-corrected chi connectivity index (χ0v) is 13.6. The molecule has 2 rings (SSSR count). The number of nitrogens with zero attached hydrogens (tertiary/aromatic N) is 1. The fourth-order valence-electron chi connectivity index (χ4n) is 3.03. The Morgan fingerprint density at radius 1 is 1.43 bits per heavy atom. The first-order valence-electron chi connectivity index (χ1n) is 8.08. The highest BCUT2D eigenvalue weighted by Gasteiger charge is 2.39. The van der Waals surface area contributed by atoms with Crippen LogP contribution < -0.4 is 5.32 Å². The van der Waals surface area contributed by atoms with Crippen molar-refractivity contribution in [3.63, 3.8) is 0 Å². The minimum absolute atomic E-state index is 0.202. The molecule has 0 amide bonds. The van der Waals surface area contributed by atoms with E-state index in [4.69, 9.17) is 9.47 Å². The maximum Gasteiger partial charge on any atom is 0.138 e. The van der Waals surface area contributed by atoms with Crippen LogP contribution in [-0.2, 0) is 21.6 Å². The first kappa shape index (κ1) is 16.5. The van der Waals surface area contributed by atoms with Crippen LogP contribution in [0.4, 0.5) is 0 Å². The lowest BCUT2D eigenvalue weighted by molar-refractivity contribution is -0.0832. The zero-order valence-electron chi connectivity index (χ0n) is 13.6. The van der Waals surface area contributed by atoms with Crippen molar-refractivity contribution in [2.24, 2.45) is 5.92 Å². The van der Waals surface area contributed by atoms with Crippen LogP contribution in [0.15, 0.2) is 6.20 Å². The molecule has 1 aliphatic rings. The zero-order chi connectivity index (χ0) is 15.1. The molecule has 0 saturated heterocycles. The molecular formula is C16H29N3O2. The molecular weight excluding hydrogens is 266 g/mol. The summed E-state index contributed by atoms with van der Waals surface area (Å²) in [6.45, 7) is 7.48. The van der Waals surface area contributed by atoms with Gasteiger partial charge in [-0.2, -0.15) is 0 Å². The lowest BCUT2D eigenvalue weighted by Crippen LogP contribution is -2.35. The van der Waals surface area contributed by atoms with Crippen LogP contribution >= 0.6 is 0 Å². The van der Waals surface area contributed by atoms with Crippen LogP contribution in [0.1, 0.15) is 51.0 Å². The minimum atomic E-state index is -0.202. The van der Waals surface area contributed by atoms with Gasteiger partial charge in [0, 0.05) is 38.7 Å². The molecule has 1 aromatic heterocycles. The Hall–Kier alpha value is -0.910. The molecule has 0 aliphatic heterocycles. The molecule has 0 atom stereocenters.